The Morgan fingerprint density at radius 2 is 1.79 bits per heavy atom. The molecule has 1 aliphatic rings. The van der Waals surface area contributed by atoms with Crippen LogP contribution >= 0.6 is 0 Å². The highest BCUT2D eigenvalue weighted by atomic mass is 32.2. The molecule has 1 aromatic carbocycles. The van der Waals surface area contributed by atoms with E-state index in [9.17, 15) is 8.42 Å². The molecule has 0 bridgehead atoms. The van der Waals surface area contributed by atoms with Crippen molar-refractivity contribution < 1.29 is 8.42 Å². The van der Waals surface area contributed by atoms with Crippen LogP contribution in [0.5, 0.6) is 0 Å². The molecule has 5 nitrogen and oxygen atoms in total. The van der Waals surface area contributed by atoms with Gasteiger partial charge in [-0.05, 0) is 44.2 Å². The Kier molecular flexibility index (Phi) is 4.66. The molecule has 0 atom stereocenters. The van der Waals surface area contributed by atoms with E-state index in [4.69, 9.17) is 0 Å². The topological polar surface area (TPSA) is 61.4 Å². The molecule has 0 saturated carbocycles. The number of rotatable bonds is 6. The first-order valence-electron chi connectivity index (χ1n) is 6.61. The third-order valence-corrected chi connectivity index (χ3v) is 4.52. The summed E-state index contributed by atoms with van der Waals surface area (Å²) in [7, 11) is -1.52. The summed E-state index contributed by atoms with van der Waals surface area (Å²) in [5, 5.41) is 2.83. The van der Waals surface area contributed by atoms with Gasteiger partial charge in [0.05, 0.1) is 5.75 Å². The van der Waals surface area contributed by atoms with Crippen molar-refractivity contribution >= 4 is 21.4 Å². The molecule has 2 rings (SSSR count). The van der Waals surface area contributed by atoms with Crippen molar-refractivity contribution in [3.8, 4) is 0 Å². The number of anilines is 2. The molecule has 6 heteroatoms. The standard InChI is InChI=1S/C13H21N3O2S/c1-14-8-11-19(17,18)15-12-4-6-13(7-5-12)16-9-2-3-10-16/h4-7,14-15H,2-3,8-11H2,1H3. The van der Waals surface area contributed by atoms with Crippen LogP contribution in [0.2, 0.25) is 0 Å². The molecule has 0 spiro atoms. The Morgan fingerprint density at radius 1 is 1.16 bits per heavy atom. The van der Waals surface area contributed by atoms with Crippen LogP contribution in [-0.4, -0.2) is 40.9 Å². The van der Waals surface area contributed by atoms with Gasteiger partial charge in [-0.2, -0.15) is 0 Å². The van der Waals surface area contributed by atoms with Crippen molar-refractivity contribution in [2.24, 2.45) is 0 Å². The summed E-state index contributed by atoms with van der Waals surface area (Å²) < 4.78 is 26.1. The second kappa shape index (κ2) is 6.25. The van der Waals surface area contributed by atoms with Crippen LogP contribution in [0, 0.1) is 0 Å². The normalized spacial score (nSPS) is 15.7. The van der Waals surface area contributed by atoms with Gasteiger partial charge < -0.3 is 10.2 Å². The number of nitrogens with zero attached hydrogens (tertiary/aromatic N) is 1. The molecule has 0 amide bonds. The van der Waals surface area contributed by atoms with E-state index in [1.165, 1.54) is 12.8 Å². The van der Waals surface area contributed by atoms with Crippen LogP contribution in [0.1, 0.15) is 12.8 Å². The zero-order chi connectivity index (χ0) is 13.7. The van der Waals surface area contributed by atoms with Gasteiger partial charge in [0.25, 0.3) is 0 Å². The Hall–Kier alpha value is -1.27. The molecule has 106 valence electrons. The van der Waals surface area contributed by atoms with Crippen LogP contribution in [0.4, 0.5) is 11.4 Å². The van der Waals surface area contributed by atoms with E-state index in [0.717, 1.165) is 18.8 Å². The molecule has 1 aromatic rings. The van der Waals surface area contributed by atoms with Crippen LogP contribution < -0.4 is 14.9 Å². The minimum atomic E-state index is -3.25. The van der Waals surface area contributed by atoms with Gasteiger partial charge in [0.2, 0.25) is 10.0 Å². The number of nitrogens with one attached hydrogen (secondary N) is 2. The van der Waals surface area contributed by atoms with Gasteiger partial charge in [0.15, 0.2) is 0 Å². The minimum Gasteiger partial charge on any atom is -0.372 e. The zero-order valence-corrected chi connectivity index (χ0v) is 12.0. The summed E-state index contributed by atoms with van der Waals surface area (Å²) in [4.78, 5) is 2.32. The fourth-order valence-electron chi connectivity index (χ4n) is 2.18. The van der Waals surface area contributed by atoms with E-state index in [1.54, 1.807) is 7.05 Å². The predicted octanol–water partition coefficient (Wildman–Crippen LogP) is 1.25. The Labute approximate surface area is 115 Å². The molecule has 0 aliphatic carbocycles. The summed E-state index contributed by atoms with van der Waals surface area (Å²) in [6.07, 6.45) is 2.47. The molecule has 0 aromatic heterocycles. The highest BCUT2D eigenvalue weighted by Crippen LogP contribution is 2.22. The highest BCUT2D eigenvalue weighted by Gasteiger charge is 2.13. The quantitative estimate of drug-likeness (QED) is 0.825. The van der Waals surface area contributed by atoms with E-state index < -0.39 is 10.0 Å². The molecule has 1 heterocycles. The largest absolute Gasteiger partial charge is 0.372 e. The number of hydrogen-bond acceptors (Lipinski definition) is 4. The molecule has 19 heavy (non-hydrogen) atoms. The minimum absolute atomic E-state index is 0.0807. The van der Waals surface area contributed by atoms with E-state index in [-0.39, 0.29) is 5.75 Å². The summed E-state index contributed by atoms with van der Waals surface area (Å²) >= 11 is 0. The highest BCUT2D eigenvalue weighted by molar-refractivity contribution is 7.92. The van der Waals surface area contributed by atoms with Crippen LogP contribution in [0.15, 0.2) is 24.3 Å². The smallest absolute Gasteiger partial charge is 0.233 e. The zero-order valence-electron chi connectivity index (χ0n) is 11.2. The molecular formula is C13H21N3O2S. The van der Waals surface area contributed by atoms with Gasteiger partial charge in [-0.15, -0.1) is 0 Å². The van der Waals surface area contributed by atoms with E-state index in [0.29, 0.717) is 12.2 Å². The third-order valence-electron chi connectivity index (χ3n) is 3.23. The van der Waals surface area contributed by atoms with Crippen molar-refractivity contribution in [1.29, 1.82) is 0 Å². The van der Waals surface area contributed by atoms with Crippen molar-refractivity contribution in [2.45, 2.75) is 12.8 Å². The van der Waals surface area contributed by atoms with Crippen LogP contribution in [0.3, 0.4) is 0 Å². The SMILES string of the molecule is CNCCS(=O)(=O)Nc1ccc(N2CCCC2)cc1. The van der Waals surface area contributed by atoms with Gasteiger partial charge in [-0.25, -0.2) is 8.42 Å². The van der Waals surface area contributed by atoms with E-state index in [1.807, 2.05) is 24.3 Å². The molecule has 2 N–H and O–H groups in total. The van der Waals surface area contributed by atoms with E-state index in [2.05, 4.69) is 14.9 Å². The lowest BCUT2D eigenvalue weighted by molar-refractivity contribution is 0.599. The molecule has 1 saturated heterocycles. The Morgan fingerprint density at radius 3 is 2.37 bits per heavy atom. The lowest BCUT2D eigenvalue weighted by Crippen LogP contribution is -2.24. The van der Waals surface area contributed by atoms with Crippen LogP contribution in [-0.2, 0) is 10.0 Å². The Balaban J connectivity index is 1.98. The van der Waals surface area contributed by atoms with Gasteiger partial charge in [0, 0.05) is 31.0 Å². The van der Waals surface area contributed by atoms with Crippen molar-refractivity contribution in [3.05, 3.63) is 24.3 Å². The lowest BCUT2D eigenvalue weighted by atomic mass is 10.2. The van der Waals surface area contributed by atoms with Crippen LogP contribution in [0.25, 0.3) is 0 Å². The maximum atomic E-state index is 11.7. The monoisotopic (exact) mass is 283 g/mol. The van der Waals surface area contributed by atoms with Crippen molar-refractivity contribution in [1.82, 2.24) is 5.32 Å². The summed E-state index contributed by atoms with van der Waals surface area (Å²) in [5.41, 5.74) is 1.79. The average molecular weight is 283 g/mol. The molecular weight excluding hydrogens is 262 g/mol. The van der Waals surface area contributed by atoms with Gasteiger partial charge in [-0.1, -0.05) is 0 Å². The predicted molar refractivity (Wildman–Crippen MR) is 79.2 cm³/mol. The Bertz CT molecular complexity index is 493. The maximum Gasteiger partial charge on any atom is 0.233 e. The van der Waals surface area contributed by atoms with Gasteiger partial charge in [-0.3, -0.25) is 4.72 Å². The fourth-order valence-corrected chi connectivity index (χ4v) is 3.25. The summed E-state index contributed by atoms with van der Waals surface area (Å²) in [5.74, 6) is 0.0807. The first-order chi connectivity index (χ1) is 9.11. The van der Waals surface area contributed by atoms with E-state index >= 15 is 0 Å². The second-order valence-electron chi connectivity index (χ2n) is 4.77. The lowest BCUT2D eigenvalue weighted by Gasteiger charge is -2.18. The number of hydrogen-bond donors (Lipinski definition) is 2. The fraction of sp³-hybridized carbons (Fsp3) is 0.538. The maximum absolute atomic E-state index is 11.7. The number of sulfonamides is 1. The van der Waals surface area contributed by atoms with Crippen molar-refractivity contribution in [3.63, 3.8) is 0 Å². The number of benzene rings is 1. The second-order valence-corrected chi connectivity index (χ2v) is 6.61. The first-order valence-corrected chi connectivity index (χ1v) is 8.26. The van der Waals surface area contributed by atoms with Gasteiger partial charge in [0.1, 0.15) is 0 Å². The summed E-state index contributed by atoms with van der Waals surface area (Å²) in [6.45, 7) is 2.63. The van der Waals surface area contributed by atoms with Gasteiger partial charge >= 0.3 is 0 Å². The summed E-state index contributed by atoms with van der Waals surface area (Å²) in [6, 6.07) is 7.59. The molecule has 1 aliphatic heterocycles. The average Bonchev–Trinajstić information content (AvgIpc) is 2.91. The molecule has 0 radical (unpaired) electrons. The molecule has 1 fully saturated rings. The molecule has 0 unspecified atom stereocenters. The third kappa shape index (κ3) is 4.11. The first kappa shape index (κ1) is 14.1. The van der Waals surface area contributed by atoms with Crippen molar-refractivity contribution in [2.75, 3.05) is 42.1 Å².